The van der Waals surface area contributed by atoms with Gasteiger partial charge in [-0.25, -0.2) is 9.78 Å². The second kappa shape index (κ2) is 9.19. The third kappa shape index (κ3) is 4.75. The van der Waals surface area contributed by atoms with Crippen LogP contribution in [0.3, 0.4) is 0 Å². The molecule has 3 amide bonds. The first-order valence-corrected chi connectivity index (χ1v) is 10.8. The number of nitrogens with one attached hydrogen (secondary N) is 2. The van der Waals surface area contributed by atoms with E-state index < -0.39 is 0 Å². The van der Waals surface area contributed by atoms with Crippen LogP contribution in [0.4, 0.5) is 16.2 Å². The largest absolute Gasteiger partial charge is 0.348 e. The molecule has 6 nitrogen and oxygen atoms in total. The molecule has 2 heterocycles. The van der Waals surface area contributed by atoms with Gasteiger partial charge in [-0.15, -0.1) is 11.8 Å². The number of carbonyl (C=O) groups excluding carboxylic acids is 2. The summed E-state index contributed by atoms with van der Waals surface area (Å²) < 4.78 is 0. The standard InChI is InChI=1S/C22H19ClN4O2S/c23-17-4-1-3-15(13-17)14-25-20(28)16-6-8-18(9-7-16)26-22(29)27-11-12-30-21-19(27)5-2-10-24-21/h1-10,13H,11-12,14H2,(H,25,28)(H,26,29). The number of thioether (sulfide) groups is 1. The van der Waals surface area contributed by atoms with Crippen LogP contribution in [0.25, 0.3) is 0 Å². The molecule has 1 aliphatic heterocycles. The summed E-state index contributed by atoms with van der Waals surface area (Å²) in [5, 5.41) is 7.23. The molecule has 1 aromatic heterocycles. The Morgan fingerprint density at radius 1 is 1.10 bits per heavy atom. The van der Waals surface area contributed by atoms with Gasteiger partial charge in [0.05, 0.1) is 5.69 Å². The van der Waals surface area contributed by atoms with Crippen LogP contribution >= 0.6 is 23.4 Å². The van der Waals surface area contributed by atoms with Crippen molar-refractivity contribution >= 4 is 46.7 Å². The predicted octanol–water partition coefficient (Wildman–Crippen LogP) is 4.81. The van der Waals surface area contributed by atoms with E-state index in [0.29, 0.717) is 29.4 Å². The van der Waals surface area contributed by atoms with Crippen molar-refractivity contribution in [1.82, 2.24) is 10.3 Å². The van der Waals surface area contributed by atoms with Crippen LogP contribution in [0.15, 0.2) is 71.9 Å². The minimum absolute atomic E-state index is 0.194. The van der Waals surface area contributed by atoms with Crippen molar-refractivity contribution in [3.63, 3.8) is 0 Å². The van der Waals surface area contributed by atoms with Gasteiger partial charge >= 0.3 is 6.03 Å². The number of aromatic nitrogens is 1. The fraction of sp³-hybridized carbons (Fsp3) is 0.136. The van der Waals surface area contributed by atoms with Crippen LogP contribution in [0, 0.1) is 0 Å². The molecular formula is C22H19ClN4O2S. The van der Waals surface area contributed by atoms with Gasteiger partial charge in [0.15, 0.2) is 0 Å². The van der Waals surface area contributed by atoms with E-state index in [0.717, 1.165) is 22.0 Å². The van der Waals surface area contributed by atoms with Crippen LogP contribution in [-0.2, 0) is 6.54 Å². The van der Waals surface area contributed by atoms with Crippen LogP contribution in [0.2, 0.25) is 5.02 Å². The predicted molar refractivity (Wildman–Crippen MR) is 120 cm³/mol. The first-order valence-electron chi connectivity index (χ1n) is 9.39. The van der Waals surface area contributed by atoms with E-state index >= 15 is 0 Å². The molecule has 0 saturated carbocycles. The summed E-state index contributed by atoms with van der Waals surface area (Å²) in [7, 11) is 0. The molecule has 0 atom stereocenters. The Labute approximate surface area is 183 Å². The Kier molecular flexibility index (Phi) is 6.21. The molecule has 2 aromatic carbocycles. The van der Waals surface area contributed by atoms with Gasteiger partial charge in [-0.2, -0.15) is 0 Å². The highest BCUT2D eigenvalue weighted by atomic mass is 35.5. The number of pyridine rings is 1. The molecule has 0 saturated heterocycles. The molecule has 0 unspecified atom stereocenters. The lowest BCUT2D eigenvalue weighted by Gasteiger charge is -2.28. The van der Waals surface area contributed by atoms with Crippen LogP contribution in [0.5, 0.6) is 0 Å². The number of nitrogens with zero attached hydrogens (tertiary/aromatic N) is 2. The molecule has 152 valence electrons. The molecule has 0 aliphatic carbocycles. The van der Waals surface area contributed by atoms with E-state index in [2.05, 4.69) is 15.6 Å². The lowest BCUT2D eigenvalue weighted by Crippen LogP contribution is -2.38. The summed E-state index contributed by atoms with van der Waals surface area (Å²) in [4.78, 5) is 31.1. The number of benzene rings is 2. The van der Waals surface area contributed by atoms with Crippen molar-refractivity contribution < 1.29 is 9.59 Å². The first kappa shape index (κ1) is 20.3. The molecule has 0 radical (unpaired) electrons. The molecular weight excluding hydrogens is 420 g/mol. The minimum atomic E-state index is -0.220. The van der Waals surface area contributed by atoms with E-state index in [1.807, 2.05) is 30.3 Å². The molecule has 0 fully saturated rings. The number of hydrogen-bond acceptors (Lipinski definition) is 4. The Morgan fingerprint density at radius 2 is 1.93 bits per heavy atom. The van der Waals surface area contributed by atoms with E-state index in [9.17, 15) is 9.59 Å². The van der Waals surface area contributed by atoms with E-state index in [1.165, 1.54) is 0 Å². The highest BCUT2D eigenvalue weighted by Gasteiger charge is 2.23. The number of amides is 3. The zero-order valence-electron chi connectivity index (χ0n) is 16.0. The fourth-order valence-electron chi connectivity index (χ4n) is 3.09. The zero-order chi connectivity index (χ0) is 20.9. The summed E-state index contributed by atoms with van der Waals surface area (Å²) >= 11 is 7.61. The van der Waals surface area contributed by atoms with Crippen molar-refractivity contribution in [1.29, 1.82) is 0 Å². The molecule has 4 rings (SSSR count). The Bertz CT molecular complexity index is 1070. The van der Waals surface area contributed by atoms with Crippen molar-refractivity contribution in [2.24, 2.45) is 0 Å². The van der Waals surface area contributed by atoms with Gasteiger partial charge in [0, 0.05) is 41.3 Å². The lowest BCUT2D eigenvalue weighted by atomic mass is 10.1. The fourth-order valence-corrected chi connectivity index (χ4v) is 4.23. The van der Waals surface area contributed by atoms with Gasteiger partial charge < -0.3 is 10.6 Å². The molecule has 0 bridgehead atoms. The molecule has 3 aromatic rings. The quantitative estimate of drug-likeness (QED) is 0.613. The smallest absolute Gasteiger partial charge is 0.326 e. The maximum absolute atomic E-state index is 12.7. The van der Waals surface area contributed by atoms with Gasteiger partial charge in [0.25, 0.3) is 5.91 Å². The van der Waals surface area contributed by atoms with Gasteiger partial charge in [0.1, 0.15) is 5.03 Å². The van der Waals surface area contributed by atoms with Gasteiger partial charge in [0.2, 0.25) is 0 Å². The normalized spacial score (nSPS) is 12.8. The summed E-state index contributed by atoms with van der Waals surface area (Å²) in [5.41, 5.74) is 2.87. The molecule has 2 N–H and O–H groups in total. The van der Waals surface area contributed by atoms with Crippen molar-refractivity contribution in [2.75, 3.05) is 22.5 Å². The number of hydrogen-bond donors (Lipinski definition) is 2. The lowest BCUT2D eigenvalue weighted by molar-refractivity contribution is 0.0951. The topological polar surface area (TPSA) is 74.3 Å². The number of fused-ring (bicyclic) bond motifs is 1. The number of anilines is 2. The molecule has 0 spiro atoms. The monoisotopic (exact) mass is 438 g/mol. The van der Waals surface area contributed by atoms with Crippen molar-refractivity contribution in [2.45, 2.75) is 11.6 Å². The number of halogens is 1. The second-order valence-electron chi connectivity index (χ2n) is 6.65. The Balaban J connectivity index is 1.37. The number of carbonyl (C=O) groups is 2. The van der Waals surface area contributed by atoms with E-state index in [1.54, 1.807) is 53.2 Å². The molecule has 30 heavy (non-hydrogen) atoms. The van der Waals surface area contributed by atoms with E-state index in [4.69, 9.17) is 11.6 Å². The SMILES string of the molecule is O=C(NCc1cccc(Cl)c1)c1ccc(NC(=O)N2CCSc3ncccc32)cc1. The Morgan fingerprint density at radius 3 is 2.73 bits per heavy atom. The maximum Gasteiger partial charge on any atom is 0.326 e. The highest BCUT2D eigenvalue weighted by Crippen LogP contribution is 2.32. The first-order chi connectivity index (χ1) is 14.6. The minimum Gasteiger partial charge on any atom is -0.348 e. The van der Waals surface area contributed by atoms with E-state index in [-0.39, 0.29) is 11.9 Å². The summed E-state index contributed by atoms with van der Waals surface area (Å²) in [6.07, 6.45) is 1.73. The van der Waals surface area contributed by atoms with Gasteiger partial charge in [-0.1, -0.05) is 23.7 Å². The average Bonchev–Trinajstić information content (AvgIpc) is 2.77. The van der Waals surface area contributed by atoms with Crippen LogP contribution < -0.4 is 15.5 Å². The summed E-state index contributed by atoms with van der Waals surface area (Å²) in [6.45, 7) is 0.998. The van der Waals surface area contributed by atoms with Crippen molar-refractivity contribution in [3.05, 3.63) is 83.0 Å². The van der Waals surface area contributed by atoms with Gasteiger partial charge in [-0.05, 0) is 54.1 Å². The maximum atomic E-state index is 12.7. The Hall–Kier alpha value is -3.03. The van der Waals surface area contributed by atoms with Crippen LogP contribution in [-0.4, -0.2) is 29.2 Å². The second-order valence-corrected chi connectivity index (χ2v) is 8.17. The summed E-state index contributed by atoms with van der Waals surface area (Å²) in [5.74, 6) is 0.601. The number of urea groups is 1. The molecule has 8 heteroatoms. The summed E-state index contributed by atoms with van der Waals surface area (Å²) in [6, 6.07) is 17.6. The zero-order valence-corrected chi connectivity index (χ0v) is 17.5. The van der Waals surface area contributed by atoms with Crippen LogP contribution in [0.1, 0.15) is 15.9 Å². The third-order valence-electron chi connectivity index (χ3n) is 4.58. The van der Waals surface area contributed by atoms with Gasteiger partial charge in [-0.3, -0.25) is 9.69 Å². The number of rotatable bonds is 4. The third-order valence-corrected chi connectivity index (χ3v) is 5.79. The average molecular weight is 439 g/mol. The molecule has 1 aliphatic rings. The van der Waals surface area contributed by atoms with Crippen molar-refractivity contribution in [3.8, 4) is 0 Å². The highest BCUT2D eigenvalue weighted by molar-refractivity contribution is 7.99.